The number of aliphatic hydroxyl groups excluding tert-OH is 1. The van der Waals surface area contributed by atoms with Gasteiger partial charge in [-0.2, -0.15) is 0 Å². The molecule has 18 heavy (non-hydrogen) atoms. The number of carboxylic acid groups (broad SMARTS) is 1. The third kappa shape index (κ3) is 4.85. The summed E-state index contributed by atoms with van der Waals surface area (Å²) in [5.74, 6) is -0.807. The summed E-state index contributed by atoms with van der Waals surface area (Å²) in [5.41, 5.74) is 2.03. The molecule has 2 N–H and O–H groups in total. The van der Waals surface area contributed by atoms with Crippen molar-refractivity contribution in [3.8, 4) is 0 Å². The molecule has 0 aliphatic heterocycles. The van der Waals surface area contributed by atoms with Crippen LogP contribution in [0.25, 0.3) is 0 Å². The van der Waals surface area contributed by atoms with Crippen molar-refractivity contribution in [2.24, 2.45) is 0 Å². The molecule has 4 heteroatoms. The van der Waals surface area contributed by atoms with E-state index in [1.54, 1.807) is 0 Å². The van der Waals surface area contributed by atoms with Crippen LogP contribution in [-0.2, 0) is 4.79 Å². The number of benzene rings is 1. The van der Waals surface area contributed by atoms with Crippen molar-refractivity contribution in [3.63, 3.8) is 0 Å². The van der Waals surface area contributed by atoms with Crippen LogP contribution in [0.3, 0.4) is 0 Å². The summed E-state index contributed by atoms with van der Waals surface area (Å²) >= 11 is 0. The Kier molecular flexibility index (Phi) is 5.82. The second-order valence-electron chi connectivity index (χ2n) is 4.46. The molecule has 1 atom stereocenters. The zero-order valence-electron chi connectivity index (χ0n) is 11.0. The quantitative estimate of drug-likeness (QED) is 0.776. The Morgan fingerprint density at radius 1 is 1.33 bits per heavy atom. The van der Waals surface area contributed by atoms with Gasteiger partial charge in [0, 0.05) is 13.1 Å². The van der Waals surface area contributed by atoms with Gasteiger partial charge in [-0.15, -0.1) is 0 Å². The molecule has 0 bridgehead atoms. The standard InChI is InChI=1S/C14H21NO3/c1-3-15(9-8-14(17)18)10-13(16)12-6-4-11(2)5-7-12/h4-7,13,16H,3,8-10H2,1-2H3,(H,17,18). The fraction of sp³-hybridized carbons (Fsp3) is 0.500. The van der Waals surface area contributed by atoms with Crippen LogP contribution in [0.4, 0.5) is 0 Å². The minimum Gasteiger partial charge on any atom is -0.481 e. The van der Waals surface area contributed by atoms with Crippen molar-refractivity contribution in [1.29, 1.82) is 0 Å². The first-order valence-electron chi connectivity index (χ1n) is 6.21. The van der Waals surface area contributed by atoms with E-state index < -0.39 is 12.1 Å². The maximum atomic E-state index is 10.5. The summed E-state index contributed by atoms with van der Waals surface area (Å²) < 4.78 is 0. The number of hydrogen-bond acceptors (Lipinski definition) is 3. The number of aliphatic carboxylic acids is 1. The van der Waals surface area contributed by atoms with Gasteiger partial charge in [-0.1, -0.05) is 36.8 Å². The number of aryl methyl sites for hydroxylation is 1. The molecule has 1 aromatic carbocycles. The van der Waals surface area contributed by atoms with Gasteiger partial charge in [-0.05, 0) is 19.0 Å². The predicted molar refractivity (Wildman–Crippen MR) is 70.5 cm³/mol. The fourth-order valence-corrected chi connectivity index (χ4v) is 1.77. The second-order valence-corrected chi connectivity index (χ2v) is 4.46. The Balaban J connectivity index is 2.53. The molecule has 0 saturated carbocycles. The first kappa shape index (κ1) is 14.7. The van der Waals surface area contributed by atoms with Gasteiger partial charge in [0.1, 0.15) is 0 Å². The van der Waals surface area contributed by atoms with Gasteiger partial charge >= 0.3 is 5.97 Å². The SMILES string of the molecule is CCN(CCC(=O)O)CC(O)c1ccc(C)cc1. The zero-order valence-corrected chi connectivity index (χ0v) is 11.0. The maximum absolute atomic E-state index is 10.5. The predicted octanol–water partition coefficient (Wildman–Crippen LogP) is 1.83. The second kappa shape index (κ2) is 7.13. The van der Waals surface area contributed by atoms with E-state index in [0.29, 0.717) is 13.1 Å². The van der Waals surface area contributed by atoms with Crippen molar-refractivity contribution < 1.29 is 15.0 Å². The Bertz CT molecular complexity index is 375. The van der Waals surface area contributed by atoms with E-state index in [2.05, 4.69) is 0 Å². The summed E-state index contributed by atoms with van der Waals surface area (Å²) in [6.45, 7) is 5.63. The van der Waals surface area contributed by atoms with Gasteiger partial charge < -0.3 is 15.1 Å². The highest BCUT2D eigenvalue weighted by Crippen LogP contribution is 2.15. The lowest BCUT2D eigenvalue weighted by molar-refractivity contribution is -0.137. The number of aliphatic hydroxyl groups is 1. The topological polar surface area (TPSA) is 60.8 Å². The molecular weight excluding hydrogens is 230 g/mol. The van der Waals surface area contributed by atoms with E-state index in [1.807, 2.05) is 43.0 Å². The average molecular weight is 251 g/mol. The largest absolute Gasteiger partial charge is 0.481 e. The van der Waals surface area contributed by atoms with E-state index in [4.69, 9.17) is 5.11 Å². The number of hydrogen-bond donors (Lipinski definition) is 2. The van der Waals surface area contributed by atoms with Crippen LogP contribution in [0.2, 0.25) is 0 Å². The molecule has 0 amide bonds. The van der Waals surface area contributed by atoms with Crippen molar-refractivity contribution in [2.75, 3.05) is 19.6 Å². The Hall–Kier alpha value is -1.39. The Morgan fingerprint density at radius 2 is 1.94 bits per heavy atom. The van der Waals surface area contributed by atoms with E-state index in [-0.39, 0.29) is 6.42 Å². The van der Waals surface area contributed by atoms with Crippen LogP contribution in [0.5, 0.6) is 0 Å². The molecule has 0 heterocycles. The van der Waals surface area contributed by atoms with Crippen molar-refractivity contribution in [1.82, 2.24) is 4.90 Å². The lowest BCUT2D eigenvalue weighted by Gasteiger charge is -2.23. The van der Waals surface area contributed by atoms with Crippen LogP contribution in [-0.4, -0.2) is 40.7 Å². The lowest BCUT2D eigenvalue weighted by Crippen LogP contribution is -2.30. The summed E-state index contributed by atoms with van der Waals surface area (Å²) in [7, 11) is 0. The molecule has 1 aromatic rings. The smallest absolute Gasteiger partial charge is 0.304 e. The van der Waals surface area contributed by atoms with Crippen molar-refractivity contribution >= 4 is 5.97 Å². The van der Waals surface area contributed by atoms with Crippen molar-refractivity contribution in [3.05, 3.63) is 35.4 Å². The Morgan fingerprint density at radius 3 is 2.44 bits per heavy atom. The van der Waals surface area contributed by atoms with Crippen LogP contribution < -0.4 is 0 Å². The summed E-state index contributed by atoms with van der Waals surface area (Å²) in [5, 5.41) is 18.7. The summed E-state index contributed by atoms with van der Waals surface area (Å²) in [4.78, 5) is 12.5. The van der Waals surface area contributed by atoms with Gasteiger partial charge in [0.15, 0.2) is 0 Å². The highest BCUT2D eigenvalue weighted by atomic mass is 16.4. The van der Waals surface area contributed by atoms with Crippen LogP contribution in [0, 0.1) is 6.92 Å². The number of likely N-dealkylation sites (N-methyl/N-ethyl adjacent to an activating group) is 1. The van der Waals surface area contributed by atoms with Crippen LogP contribution in [0.15, 0.2) is 24.3 Å². The molecule has 1 unspecified atom stereocenters. The van der Waals surface area contributed by atoms with Gasteiger partial charge in [-0.3, -0.25) is 4.79 Å². The summed E-state index contributed by atoms with van der Waals surface area (Å²) in [6.07, 6.45) is -0.464. The van der Waals surface area contributed by atoms with Crippen LogP contribution >= 0.6 is 0 Å². The highest BCUT2D eigenvalue weighted by molar-refractivity contribution is 5.66. The molecule has 100 valence electrons. The first-order chi connectivity index (χ1) is 8.52. The van der Waals surface area contributed by atoms with E-state index in [1.165, 1.54) is 0 Å². The molecule has 0 fully saturated rings. The minimum atomic E-state index is -0.807. The van der Waals surface area contributed by atoms with E-state index in [0.717, 1.165) is 17.7 Å². The summed E-state index contributed by atoms with van der Waals surface area (Å²) in [6, 6.07) is 7.74. The van der Waals surface area contributed by atoms with E-state index >= 15 is 0 Å². The average Bonchev–Trinajstić information content (AvgIpc) is 2.34. The molecule has 0 aliphatic rings. The fourth-order valence-electron chi connectivity index (χ4n) is 1.77. The van der Waals surface area contributed by atoms with Gasteiger partial charge in [-0.25, -0.2) is 0 Å². The van der Waals surface area contributed by atoms with Crippen LogP contribution in [0.1, 0.15) is 30.6 Å². The third-order valence-electron chi connectivity index (χ3n) is 2.98. The lowest BCUT2D eigenvalue weighted by atomic mass is 10.1. The number of carboxylic acids is 1. The number of carbonyl (C=O) groups is 1. The normalized spacial score (nSPS) is 12.7. The third-order valence-corrected chi connectivity index (χ3v) is 2.98. The van der Waals surface area contributed by atoms with Crippen molar-refractivity contribution in [2.45, 2.75) is 26.4 Å². The monoisotopic (exact) mass is 251 g/mol. The van der Waals surface area contributed by atoms with E-state index in [9.17, 15) is 9.90 Å². The molecule has 0 aromatic heterocycles. The molecule has 0 aliphatic carbocycles. The van der Waals surface area contributed by atoms with Gasteiger partial charge in [0.25, 0.3) is 0 Å². The molecular formula is C14H21NO3. The molecule has 0 saturated heterocycles. The highest BCUT2D eigenvalue weighted by Gasteiger charge is 2.13. The first-order valence-corrected chi connectivity index (χ1v) is 6.21. The number of rotatable bonds is 7. The maximum Gasteiger partial charge on any atom is 0.304 e. The molecule has 4 nitrogen and oxygen atoms in total. The molecule has 0 spiro atoms. The molecule has 0 radical (unpaired) electrons. The molecule has 1 rings (SSSR count). The van der Waals surface area contributed by atoms with Gasteiger partial charge in [0.05, 0.1) is 12.5 Å². The zero-order chi connectivity index (χ0) is 13.5. The Labute approximate surface area is 108 Å². The minimum absolute atomic E-state index is 0.106. The number of nitrogens with zero attached hydrogens (tertiary/aromatic N) is 1. The van der Waals surface area contributed by atoms with Gasteiger partial charge in [0.2, 0.25) is 0 Å².